The van der Waals surface area contributed by atoms with Crippen molar-refractivity contribution in [3.8, 4) is 0 Å². The molecule has 0 saturated heterocycles. The van der Waals surface area contributed by atoms with E-state index in [0.717, 1.165) is 18.5 Å². The second kappa shape index (κ2) is 6.63. The van der Waals surface area contributed by atoms with Gasteiger partial charge in [0.05, 0.1) is 24.8 Å². The van der Waals surface area contributed by atoms with Crippen LogP contribution >= 0.6 is 0 Å². The molecule has 1 fully saturated rings. The van der Waals surface area contributed by atoms with Crippen LogP contribution in [-0.2, 0) is 16.1 Å². The van der Waals surface area contributed by atoms with Crippen LogP contribution in [0.25, 0.3) is 0 Å². The van der Waals surface area contributed by atoms with Crippen molar-refractivity contribution in [2.45, 2.75) is 38.0 Å². The van der Waals surface area contributed by atoms with Crippen LogP contribution in [0.5, 0.6) is 0 Å². The van der Waals surface area contributed by atoms with E-state index in [-0.39, 0.29) is 12.0 Å². The van der Waals surface area contributed by atoms with Crippen molar-refractivity contribution in [3.05, 3.63) is 30.1 Å². The van der Waals surface area contributed by atoms with Crippen molar-refractivity contribution >= 4 is 5.91 Å². The van der Waals surface area contributed by atoms with Crippen LogP contribution in [0.3, 0.4) is 0 Å². The van der Waals surface area contributed by atoms with Crippen molar-refractivity contribution in [1.29, 1.82) is 0 Å². The maximum absolute atomic E-state index is 12.3. The number of amides is 1. The summed E-state index contributed by atoms with van der Waals surface area (Å²) in [4.78, 5) is 18.5. The molecule has 104 valence electrons. The number of rotatable bonds is 7. The number of hydrogen-bond donors (Lipinski definition) is 1. The Morgan fingerprint density at radius 2 is 2.37 bits per heavy atom. The molecule has 0 bridgehead atoms. The van der Waals surface area contributed by atoms with Gasteiger partial charge in [0.2, 0.25) is 5.91 Å². The van der Waals surface area contributed by atoms with E-state index < -0.39 is 0 Å². The third-order valence-electron chi connectivity index (χ3n) is 3.36. The van der Waals surface area contributed by atoms with Crippen LogP contribution in [-0.4, -0.2) is 41.6 Å². The van der Waals surface area contributed by atoms with Gasteiger partial charge in [0.15, 0.2) is 0 Å². The number of nitrogens with zero attached hydrogens (tertiary/aromatic N) is 2. The van der Waals surface area contributed by atoms with Crippen molar-refractivity contribution in [1.82, 2.24) is 9.88 Å². The largest absolute Gasteiger partial charge is 0.380 e. The first-order valence-electron chi connectivity index (χ1n) is 6.66. The molecular weight excluding hydrogens is 242 g/mol. The summed E-state index contributed by atoms with van der Waals surface area (Å²) in [5.41, 5.74) is 6.49. The first kappa shape index (κ1) is 14.0. The van der Waals surface area contributed by atoms with E-state index in [2.05, 4.69) is 4.98 Å². The molecule has 1 aromatic rings. The average molecular weight is 263 g/mol. The van der Waals surface area contributed by atoms with E-state index in [1.165, 1.54) is 0 Å². The predicted octanol–water partition coefficient (Wildman–Crippen LogP) is 0.936. The van der Waals surface area contributed by atoms with E-state index in [9.17, 15) is 4.79 Å². The molecule has 1 aromatic heterocycles. The summed E-state index contributed by atoms with van der Waals surface area (Å²) in [5, 5.41) is 0. The quantitative estimate of drug-likeness (QED) is 0.795. The van der Waals surface area contributed by atoms with E-state index in [0.29, 0.717) is 25.6 Å². The molecule has 0 radical (unpaired) electrons. The Hall–Kier alpha value is -1.46. The lowest BCUT2D eigenvalue weighted by atomic mass is 10.2. The van der Waals surface area contributed by atoms with Gasteiger partial charge < -0.3 is 15.4 Å². The van der Waals surface area contributed by atoms with Gasteiger partial charge in [-0.25, -0.2) is 0 Å². The number of hydrogen-bond acceptors (Lipinski definition) is 4. The van der Waals surface area contributed by atoms with E-state index in [1.807, 2.05) is 23.1 Å². The van der Waals surface area contributed by atoms with E-state index >= 15 is 0 Å². The number of pyridine rings is 1. The minimum atomic E-state index is -0.197. The second-order valence-electron chi connectivity index (χ2n) is 4.87. The minimum Gasteiger partial charge on any atom is -0.380 e. The summed E-state index contributed by atoms with van der Waals surface area (Å²) < 4.78 is 5.18. The molecule has 1 amide bonds. The van der Waals surface area contributed by atoms with Crippen LogP contribution in [0.1, 0.15) is 25.0 Å². The zero-order valence-electron chi connectivity index (χ0n) is 11.3. The smallest absolute Gasteiger partial charge is 0.225 e. The summed E-state index contributed by atoms with van der Waals surface area (Å²) in [5.74, 6) is 0.102. The van der Waals surface area contributed by atoms with Crippen molar-refractivity contribution in [2.75, 3.05) is 13.7 Å². The highest BCUT2D eigenvalue weighted by molar-refractivity contribution is 5.77. The third-order valence-corrected chi connectivity index (χ3v) is 3.36. The maximum Gasteiger partial charge on any atom is 0.225 e. The van der Waals surface area contributed by atoms with Gasteiger partial charge in [-0.1, -0.05) is 6.07 Å². The van der Waals surface area contributed by atoms with Crippen molar-refractivity contribution in [2.24, 2.45) is 5.73 Å². The summed E-state index contributed by atoms with van der Waals surface area (Å²) >= 11 is 0. The lowest BCUT2D eigenvalue weighted by molar-refractivity contribution is -0.134. The fourth-order valence-electron chi connectivity index (χ4n) is 2.05. The second-order valence-corrected chi connectivity index (χ2v) is 4.87. The number of carbonyl (C=O) groups excluding carboxylic acids is 1. The van der Waals surface area contributed by atoms with Crippen LogP contribution in [0, 0.1) is 0 Å². The highest BCUT2D eigenvalue weighted by atomic mass is 16.5. The van der Waals surface area contributed by atoms with Crippen molar-refractivity contribution < 1.29 is 9.53 Å². The molecule has 1 aliphatic carbocycles. The Morgan fingerprint density at radius 1 is 1.58 bits per heavy atom. The van der Waals surface area contributed by atoms with Crippen LogP contribution in [0.15, 0.2) is 24.4 Å². The third kappa shape index (κ3) is 4.01. The summed E-state index contributed by atoms with van der Waals surface area (Å²) in [6.45, 7) is 0.940. The maximum atomic E-state index is 12.3. The van der Waals surface area contributed by atoms with Gasteiger partial charge in [0.1, 0.15) is 0 Å². The number of methoxy groups -OCH3 is 1. The molecule has 0 spiro atoms. The van der Waals surface area contributed by atoms with Gasteiger partial charge >= 0.3 is 0 Å². The average Bonchev–Trinajstić information content (AvgIpc) is 3.27. The fourth-order valence-corrected chi connectivity index (χ4v) is 2.05. The SMILES string of the molecule is COC(CN)CC(=O)N(Cc1ccccn1)C1CC1. The fraction of sp³-hybridized carbons (Fsp3) is 0.571. The van der Waals surface area contributed by atoms with E-state index in [4.69, 9.17) is 10.5 Å². The molecule has 1 aliphatic rings. The summed E-state index contributed by atoms with van der Waals surface area (Å²) in [6.07, 6.45) is 4.06. The van der Waals surface area contributed by atoms with Crippen LogP contribution < -0.4 is 5.73 Å². The van der Waals surface area contributed by atoms with E-state index in [1.54, 1.807) is 13.3 Å². The Kier molecular flexibility index (Phi) is 4.87. The highest BCUT2D eigenvalue weighted by Gasteiger charge is 2.33. The number of nitrogens with two attached hydrogens (primary N) is 1. The normalized spacial score (nSPS) is 16.1. The van der Waals surface area contributed by atoms with Crippen LogP contribution in [0.4, 0.5) is 0 Å². The first-order valence-corrected chi connectivity index (χ1v) is 6.66. The lowest BCUT2D eigenvalue weighted by Crippen LogP contribution is -2.37. The highest BCUT2D eigenvalue weighted by Crippen LogP contribution is 2.29. The molecule has 0 aliphatic heterocycles. The van der Waals surface area contributed by atoms with Gasteiger partial charge in [-0.3, -0.25) is 9.78 Å². The molecule has 2 N–H and O–H groups in total. The molecule has 1 heterocycles. The lowest BCUT2D eigenvalue weighted by Gasteiger charge is -2.24. The molecule has 2 rings (SSSR count). The number of ether oxygens (including phenoxy) is 1. The molecule has 5 nitrogen and oxygen atoms in total. The predicted molar refractivity (Wildman–Crippen MR) is 72.3 cm³/mol. The molecule has 1 atom stereocenters. The van der Waals surface area contributed by atoms with Gasteiger partial charge in [0.25, 0.3) is 0 Å². The standard InChI is InChI=1S/C14H21N3O2/c1-19-13(9-15)8-14(18)17(12-5-6-12)10-11-4-2-3-7-16-11/h2-4,7,12-13H,5-6,8-10,15H2,1H3. The minimum absolute atomic E-state index is 0.102. The zero-order valence-corrected chi connectivity index (χ0v) is 11.3. The van der Waals surface area contributed by atoms with Gasteiger partial charge in [-0.2, -0.15) is 0 Å². The zero-order chi connectivity index (χ0) is 13.7. The molecule has 0 aromatic carbocycles. The van der Waals surface area contributed by atoms with Gasteiger partial charge in [0, 0.05) is 25.9 Å². The number of aromatic nitrogens is 1. The first-order chi connectivity index (χ1) is 9.24. The summed E-state index contributed by atoms with van der Waals surface area (Å²) in [6, 6.07) is 6.13. The Morgan fingerprint density at radius 3 is 2.89 bits per heavy atom. The molecule has 5 heteroatoms. The molecule has 1 saturated carbocycles. The Balaban J connectivity index is 1.98. The van der Waals surface area contributed by atoms with Gasteiger partial charge in [-0.15, -0.1) is 0 Å². The molecular formula is C14H21N3O2. The Labute approximate surface area is 113 Å². The molecule has 1 unspecified atom stereocenters. The molecule has 19 heavy (non-hydrogen) atoms. The Bertz CT molecular complexity index is 402. The number of carbonyl (C=O) groups is 1. The van der Waals surface area contributed by atoms with Gasteiger partial charge in [-0.05, 0) is 25.0 Å². The van der Waals surface area contributed by atoms with Crippen molar-refractivity contribution in [3.63, 3.8) is 0 Å². The summed E-state index contributed by atoms with van der Waals surface area (Å²) in [7, 11) is 1.59. The topological polar surface area (TPSA) is 68.5 Å². The van der Waals surface area contributed by atoms with Crippen LogP contribution in [0.2, 0.25) is 0 Å². The monoisotopic (exact) mass is 263 g/mol.